The highest BCUT2D eigenvalue weighted by Gasteiger charge is 2.18. The summed E-state index contributed by atoms with van der Waals surface area (Å²) in [5.74, 6) is 2.83. The quantitative estimate of drug-likeness (QED) is 0.621. The van der Waals surface area contributed by atoms with Crippen molar-refractivity contribution in [2.75, 3.05) is 27.4 Å². The topological polar surface area (TPSA) is 61.6 Å². The molecule has 2 aromatic rings. The molecule has 0 unspecified atom stereocenters. The Morgan fingerprint density at radius 1 is 0.833 bits per heavy atom. The first kappa shape index (κ1) is 21.4. The second kappa shape index (κ2) is 9.96. The molecule has 0 atom stereocenters. The van der Waals surface area contributed by atoms with Crippen LogP contribution in [-0.2, 0) is 6.42 Å². The highest BCUT2D eigenvalue weighted by Crippen LogP contribution is 2.33. The molecule has 6 nitrogen and oxygen atoms in total. The van der Waals surface area contributed by atoms with E-state index in [9.17, 15) is 0 Å². The van der Waals surface area contributed by atoms with Crippen molar-refractivity contribution < 1.29 is 18.9 Å². The van der Waals surface area contributed by atoms with Crippen LogP contribution in [0.4, 0.5) is 0 Å². The minimum absolute atomic E-state index is 0.558. The van der Waals surface area contributed by atoms with Gasteiger partial charge in [-0.15, -0.1) is 0 Å². The Bertz CT molecular complexity index is 993. The molecule has 0 N–H and O–H groups in total. The first-order valence-electron chi connectivity index (χ1n) is 10.0. The Labute approximate surface area is 177 Å². The third-order valence-corrected chi connectivity index (χ3v) is 4.66. The predicted octanol–water partition coefficient (Wildman–Crippen LogP) is 4.94. The number of fused-ring (bicyclic) bond motifs is 1. The Kier molecular flexibility index (Phi) is 7.12. The van der Waals surface area contributed by atoms with E-state index < -0.39 is 0 Å². The van der Waals surface area contributed by atoms with E-state index in [-0.39, 0.29) is 0 Å². The van der Waals surface area contributed by atoms with Gasteiger partial charge in [-0.2, -0.15) is 10.2 Å². The van der Waals surface area contributed by atoms with Gasteiger partial charge >= 0.3 is 0 Å². The van der Waals surface area contributed by atoms with Gasteiger partial charge in [0, 0.05) is 17.7 Å². The molecule has 0 aliphatic carbocycles. The number of hydrogen-bond acceptors (Lipinski definition) is 6. The van der Waals surface area contributed by atoms with Crippen molar-refractivity contribution >= 4 is 17.5 Å². The van der Waals surface area contributed by atoms with Crippen LogP contribution in [0.25, 0.3) is 6.08 Å². The second-order valence-electron chi connectivity index (χ2n) is 6.77. The predicted molar refractivity (Wildman–Crippen MR) is 121 cm³/mol. The zero-order valence-corrected chi connectivity index (χ0v) is 18.2. The van der Waals surface area contributed by atoms with Gasteiger partial charge in [-0.25, -0.2) is 0 Å². The largest absolute Gasteiger partial charge is 0.493 e. The molecule has 1 aliphatic rings. The SMILES string of the molecule is CCOc1cc2c(cc1OCC)C(C=Cc1ccc(OC)c(OC)c1)=NN=C(C)C2. The van der Waals surface area contributed by atoms with E-state index in [1.165, 1.54) is 0 Å². The average Bonchev–Trinajstić information content (AvgIpc) is 2.90. The van der Waals surface area contributed by atoms with Crippen molar-refractivity contribution in [3.05, 3.63) is 53.1 Å². The third-order valence-electron chi connectivity index (χ3n) is 4.66. The van der Waals surface area contributed by atoms with Crippen molar-refractivity contribution in [2.24, 2.45) is 10.2 Å². The molecule has 0 fully saturated rings. The van der Waals surface area contributed by atoms with Gasteiger partial charge in [0.15, 0.2) is 23.0 Å². The minimum atomic E-state index is 0.558. The van der Waals surface area contributed by atoms with Gasteiger partial charge in [0.2, 0.25) is 0 Å². The number of allylic oxidation sites excluding steroid dienone is 1. The lowest BCUT2D eigenvalue weighted by molar-refractivity contribution is 0.287. The van der Waals surface area contributed by atoms with Crippen molar-refractivity contribution in [1.82, 2.24) is 0 Å². The fraction of sp³-hybridized carbons (Fsp3) is 0.333. The van der Waals surface area contributed by atoms with Crippen LogP contribution in [-0.4, -0.2) is 38.9 Å². The summed E-state index contributed by atoms with van der Waals surface area (Å²) in [6.07, 6.45) is 4.65. The van der Waals surface area contributed by atoms with Crippen molar-refractivity contribution in [2.45, 2.75) is 27.2 Å². The molecule has 0 saturated heterocycles. The summed E-state index contributed by atoms with van der Waals surface area (Å²) in [4.78, 5) is 0. The van der Waals surface area contributed by atoms with Crippen molar-refractivity contribution in [3.63, 3.8) is 0 Å². The van der Waals surface area contributed by atoms with Gasteiger partial charge < -0.3 is 18.9 Å². The maximum Gasteiger partial charge on any atom is 0.161 e. The maximum absolute atomic E-state index is 5.82. The lowest BCUT2D eigenvalue weighted by Gasteiger charge is -2.15. The van der Waals surface area contributed by atoms with E-state index in [2.05, 4.69) is 10.2 Å². The monoisotopic (exact) mass is 408 g/mol. The molecule has 1 heterocycles. The summed E-state index contributed by atoms with van der Waals surface area (Å²) in [5, 5.41) is 8.85. The van der Waals surface area contributed by atoms with Crippen LogP contribution in [0.5, 0.6) is 23.0 Å². The smallest absolute Gasteiger partial charge is 0.161 e. The highest BCUT2D eigenvalue weighted by atomic mass is 16.5. The fourth-order valence-corrected chi connectivity index (χ4v) is 3.28. The Balaban J connectivity index is 2.01. The minimum Gasteiger partial charge on any atom is -0.493 e. The fourth-order valence-electron chi connectivity index (χ4n) is 3.28. The van der Waals surface area contributed by atoms with E-state index in [1.807, 2.05) is 63.3 Å². The molecule has 0 spiro atoms. The van der Waals surface area contributed by atoms with Crippen LogP contribution in [0.15, 0.2) is 46.6 Å². The number of rotatable bonds is 8. The van der Waals surface area contributed by atoms with Gasteiger partial charge in [-0.05, 0) is 62.2 Å². The number of nitrogens with zero attached hydrogens (tertiary/aromatic N) is 2. The van der Waals surface area contributed by atoms with Crippen LogP contribution in [0.3, 0.4) is 0 Å². The van der Waals surface area contributed by atoms with Gasteiger partial charge in [0.1, 0.15) is 0 Å². The van der Waals surface area contributed by atoms with Crippen molar-refractivity contribution in [1.29, 1.82) is 0 Å². The molecule has 3 rings (SSSR count). The molecule has 0 amide bonds. The number of benzene rings is 2. The Morgan fingerprint density at radius 3 is 2.20 bits per heavy atom. The summed E-state index contributed by atoms with van der Waals surface area (Å²) < 4.78 is 22.3. The summed E-state index contributed by atoms with van der Waals surface area (Å²) in [6, 6.07) is 9.80. The van der Waals surface area contributed by atoms with E-state index in [4.69, 9.17) is 18.9 Å². The van der Waals surface area contributed by atoms with Gasteiger partial charge in [-0.1, -0.05) is 12.1 Å². The van der Waals surface area contributed by atoms with E-state index >= 15 is 0 Å². The lowest BCUT2D eigenvalue weighted by atomic mass is 9.97. The molecule has 30 heavy (non-hydrogen) atoms. The van der Waals surface area contributed by atoms with Crippen LogP contribution < -0.4 is 18.9 Å². The molecule has 1 aliphatic heterocycles. The van der Waals surface area contributed by atoms with E-state index in [0.717, 1.165) is 33.9 Å². The van der Waals surface area contributed by atoms with Crippen LogP contribution in [0, 0.1) is 0 Å². The molecule has 0 bridgehead atoms. The summed E-state index contributed by atoms with van der Waals surface area (Å²) in [6.45, 7) is 7.03. The van der Waals surface area contributed by atoms with Crippen LogP contribution in [0.1, 0.15) is 37.5 Å². The van der Waals surface area contributed by atoms with E-state index in [1.54, 1.807) is 14.2 Å². The van der Waals surface area contributed by atoms with Crippen LogP contribution >= 0.6 is 0 Å². The third kappa shape index (κ3) is 4.82. The van der Waals surface area contributed by atoms with Gasteiger partial charge in [0.05, 0.1) is 33.1 Å². The highest BCUT2D eigenvalue weighted by molar-refractivity contribution is 6.13. The van der Waals surface area contributed by atoms with E-state index in [0.29, 0.717) is 36.9 Å². The zero-order valence-electron chi connectivity index (χ0n) is 18.2. The first-order valence-corrected chi connectivity index (χ1v) is 10.0. The molecule has 6 heteroatoms. The average molecular weight is 408 g/mol. The molecule has 158 valence electrons. The molecule has 0 aromatic heterocycles. The summed E-state index contributed by atoms with van der Waals surface area (Å²) >= 11 is 0. The van der Waals surface area contributed by atoms with Gasteiger partial charge in [0.25, 0.3) is 0 Å². The molecular formula is C24H28N2O4. The number of hydrogen-bond donors (Lipinski definition) is 0. The lowest BCUT2D eigenvalue weighted by Crippen LogP contribution is -2.07. The maximum atomic E-state index is 5.82. The molecule has 2 aromatic carbocycles. The molecule has 0 radical (unpaired) electrons. The second-order valence-corrected chi connectivity index (χ2v) is 6.77. The molecular weight excluding hydrogens is 380 g/mol. The van der Waals surface area contributed by atoms with Gasteiger partial charge in [-0.3, -0.25) is 0 Å². The van der Waals surface area contributed by atoms with Crippen molar-refractivity contribution in [3.8, 4) is 23.0 Å². The number of methoxy groups -OCH3 is 2. The number of ether oxygens (including phenoxy) is 4. The Hall–Kier alpha value is -3.28. The zero-order chi connectivity index (χ0) is 21.5. The Morgan fingerprint density at radius 2 is 1.53 bits per heavy atom. The van der Waals surface area contributed by atoms with Crippen LogP contribution in [0.2, 0.25) is 0 Å². The standard InChI is InChI=1S/C24H28N2O4/c1-6-29-23-14-18-12-16(3)25-26-20(19(18)15-24(23)30-7-2)10-8-17-9-11-21(27-4)22(13-17)28-5/h8-11,13-15H,6-7,12H2,1-5H3. The summed E-state index contributed by atoms with van der Waals surface area (Å²) in [7, 11) is 3.25. The summed E-state index contributed by atoms with van der Waals surface area (Å²) in [5.41, 5.74) is 4.77. The first-order chi connectivity index (χ1) is 14.6. The normalized spacial score (nSPS) is 13.2. The molecule has 0 saturated carbocycles.